The number of amides is 1. The molecule has 2 aromatic rings. The van der Waals surface area contributed by atoms with Gasteiger partial charge < -0.3 is 14.8 Å². The summed E-state index contributed by atoms with van der Waals surface area (Å²) in [7, 11) is 0. The zero-order chi connectivity index (χ0) is 17.9. The summed E-state index contributed by atoms with van der Waals surface area (Å²) in [6.45, 7) is 4.25. The molecule has 0 saturated heterocycles. The molecule has 2 N–H and O–H groups in total. The van der Waals surface area contributed by atoms with Crippen molar-refractivity contribution >= 4 is 5.91 Å². The summed E-state index contributed by atoms with van der Waals surface area (Å²) in [4.78, 5) is 16.7. The van der Waals surface area contributed by atoms with E-state index in [9.17, 15) is 9.90 Å². The van der Waals surface area contributed by atoms with Gasteiger partial charge in [0.2, 0.25) is 11.8 Å². The van der Waals surface area contributed by atoms with Crippen LogP contribution in [0.25, 0.3) is 11.5 Å². The zero-order valence-corrected chi connectivity index (χ0v) is 15.0. The Hall–Kier alpha value is -2.14. The zero-order valence-electron chi connectivity index (χ0n) is 15.0. The molecule has 0 spiro atoms. The van der Waals surface area contributed by atoms with Crippen molar-refractivity contribution in [2.75, 3.05) is 6.54 Å². The number of aromatic nitrogens is 1. The van der Waals surface area contributed by atoms with Crippen LogP contribution in [0.5, 0.6) is 0 Å². The summed E-state index contributed by atoms with van der Waals surface area (Å²) < 4.78 is 5.73. The van der Waals surface area contributed by atoms with Gasteiger partial charge in [0.25, 0.3) is 0 Å². The van der Waals surface area contributed by atoms with Gasteiger partial charge in [0.15, 0.2) is 0 Å². The first kappa shape index (κ1) is 17.7. The molecule has 0 aliphatic heterocycles. The summed E-state index contributed by atoms with van der Waals surface area (Å²) in [5.74, 6) is 1.06. The number of hydrogen-bond donors (Lipinski definition) is 2. The van der Waals surface area contributed by atoms with Gasteiger partial charge in [-0.05, 0) is 43.9 Å². The minimum Gasteiger partial charge on any atom is -0.441 e. The van der Waals surface area contributed by atoms with Gasteiger partial charge in [-0.25, -0.2) is 4.98 Å². The predicted molar refractivity (Wildman–Crippen MR) is 96.2 cm³/mol. The molecule has 0 bridgehead atoms. The number of nitrogens with zero attached hydrogens (tertiary/aromatic N) is 1. The van der Waals surface area contributed by atoms with Crippen molar-refractivity contribution in [1.82, 2.24) is 10.3 Å². The number of carbonyl (C=O) groups excluding carboxylic acids is 1. The summed E-state index contributed by atoms with van der Waals surface area (Å²) in [5, 5.41) is 13.1. The first-order valence-corrected chi connectivity index (χ1v) is 9.04. The van der Waals surface area contributed by atoms with E-state index in [1.807, 2.05) is 19.1 Å². The highest BCUT2D eigenvalue weighted by Gasteiger charge is 2.31. The fourth-order valence-corrected chi connectivity index (χ4v) is 3.29. The first-order chi connectivity index (χ1) is 12.0. The van der Waals surface area contributed by atoms with Crippen molar-refractivity contribution in [3.05, 3.63) is 41.3 Å². The van der Waals surface area contributed by atoms with E-state index < -0.39 is 5.60 Å². The Morgan fingerprint density at radius 2 is 1.96 bits per heavy atom. The van der Waals surface area contributed by atoms with E-state index in [0.29, 0.717) is 23.9 Å². The van der Waals surface area contributed by atoms with Gasteiger partial charge in [-0.1, -0.05) is 31.9 Å². The lowest BCUT2D eigenvalue weighted by Gasteiger charge is -2.22. The van der Waals surface area contributed by atoms with E-state index in [1.54, 1.807) is 0 Å². The molecule has 1 saturated carbocycles. The lowest BCUT2D eigenvalue weighted by molar-refractivity contribution is -0.121. The number of oxazole rings is 1. The number of aryl methyl sites for hydroxylation is 2. The largest absolute Gasteiger partial charge is 0.441 e. The highest BCUT2D eigenvalue weighted by molar-refractivity contribution is 5.78. The molecule has 5 nitrogen and oxygen atoms in total. The monoisotopic (exact) mass is 342 g/mol. The van der Waals surface area contributed by atoms with E-state index in [0.717, 1.165) is 37.7 Å². The van der Waals surface area contributed by atoms with Crippen LogP contribution in [0.4, 0.5) is 0 Å². The summed E-state index contributed by atoms with van der Waals surface area (Å²) in [5.41, 5.74) is 2.08. The Kier molecular flexibility index (Phi) is 5.23. The SMILES string of the molecule is CCc1ccc(-c2nc(CC(=O)NCC3(O)CCCC3)c(C)o2)cc1. The van der Waals surface area contributed by atoms with Gasteiger partial charge in [0, 0.05) is 12.1 Å². The van der Waals surface area contributed by atoms with E-state index in [4.69, 9.17) is 4.42 Å². The third kappa shape index (κ3) is 4.28. The molecule has 1 heterocycles. The molecule has 1 aliphatic carbocycles. The highest BCUT2D eigenvalue weighted by Crippen LogP contribution is 2.28. The second-order valence-electron chi connectivity index (χ2n) is 6.96. The van der Waals surface area contributed by atoms with Crippen LogP contribution in [0.1, 0.15) is 49.6 Å². The van der Waals surface area contributed by atoms with Crippen LogP contribution in [0.3, 0.4) is 0 Å². The summed E-state index contributed by atoms with van der Waals surface area (Å²) >= 11 is 0. The topological polar surface area (TPSA) is 75.4 Å². The first-order valence-electron chi connectivity index (χ1n) is 9.04. The van der Waals surface area contributed by atoms with Crippen molar-refractivity contribution in [1.29, 1.82) is 0 Å². The average Bonchev–Trinajstić information content (AvgIpc) is 3.20. The highest BCUT2D eigenvalue weighted by atomic mass is 16.4. The van der Waals surface area contributed by atoms with E-state index in [-0.39, 0.29) is 12.3 Å². The number of aliphatic hydroxyl groups is 1. The van der Waals surface area contributed by atoms with Crippen molar-refractivity contribution in [2.45, 2.75) is 58.0 Å². The second-order valence-corrected chi connectivity index (χ2v) is 6.96. The van der Waals surface area contributed by atoms with Crippen LogP contribution in [0.15, 0.2) is 28.7 Å². The van der Waals surface area contributed by atoms with E-state index in [1.165, 1.54) is 5.56 Å². The minimum absolute atomic E-state index is 0.135. The smallest absolute Gasteiger partial charge is 0.226 e. The lowest BCUT2D eigenvalue weighted by atomic mass is 10.0. The average molecular weight is 342 g/mol. The quantitative estimate of drug-likeness (QED) is 0.845. The van der Waals surface area contributed by atoms with Gasteiger partial charge in [0.05, 0.1) is 17.7 Å². The molecule has 134 valence electrons. The maximum absolute atomic E-state index is 12.2. The van der Waals surface area contributed by atoms with Crippen molar-refractivity contribution < 1.29 is 14.3 Å². The molecule has 1 fully saturated rings. The molecular weight excluding hydrogens is 316 g/mol. The van der Waals surface area contributed by atoms with Crippen molar-refractivity contribution in [2.24, 2.45) is 0 Å². The maximum atomic E-state index is 12.2. The van der Waals surface area contributed by atoms with Crippen LogP contribution >= 0.6 is 0 Å². The normalized spacial score (nSPS) is 16.1. The van der Waals surface area contributed by atoms with Gasteiger partial charge >= 0.3 is 0 Å². The molecule has 1 aromatic carbocycles. The predicted octanol–water partition coefficient (Wildman–Crippen LogP) is 3.18. The molecule has 0 radical (unpaired) electrons. The number of rotatable bonds is 6. The molecular formula is C20H26N2O3. The number of hydrogen-bond acceptors (Lipinski definition) is 4. The molecule has 25 heavy (non-hydrogen) atoms. The number of nitrogens with one attached hydrogen (secondary N) is 1. The summed E-state index contributed by atoms with van der Waals surface area (Å²) in [6, 6.07) is 8.10. The van der Waals surface area contributed by atoms with Gasteiger partial charge in [-0.2, -0.15) is 0 Å². The molecule has 0 atom stereocenters. The Morgan fingerprint density at radius 3 is 2.60 bits per heavy atom. The van der Waals surface area contributed by atoms with Gasteiger partial charge in [-0.15, -0.1) is 0 Å². The van der Waals surface area contributed by atoms with Crippen LogP contribution < -0.4 is 5.32 Å². The van der Waals surface area contributed by atoms with Crippen LogP contribution in [0, 0.1) is 6.92 Å². The lowest BCUT2D eigenvalue weighted by Crippen LogP contribution is -2.41. The number of benzene rings is 1. The van der Waals surface area contributed by atoms with Crippen molar-refractivity contribution in [3.8, 4) is 11.5 Å². The molecule has 5 heteroatoms. The van der Waals surface area contributed by atoms with Crippen LogP contribution in [-0.4, -0.2) is 28.1 Å². The Bertz CT molecular complexity index is 728. The second kappa shape index (κ2) is 7.40. The molecule has 1 aliphatic rings. The standard InChI is InChI=1S/C20H26N2O3/c1-3-15-6-8-16(9-7-15)19-22-17(14(2)25-19)12-18(23)21-13-20(24)10-4-5-11-20/h6-9,24H,3-5,10-13H2,1-2H3,(H,21,23). The van der Waals surface area contributed by atoms with Crippen molar-refractivity contribution in [3.63, 3.8) is 0 Å². The van der Waals surface area contributed by atoms with E-state index in [2.05, 4.69) is 29.4 Å². The van der Waals surface area contributed by atoms with Gasteiger partial charge in [0.1, 0.15) is 5.76 Å². The third-order valence-corrected chi connectivity index (χ3v) is 4.98. The fourth-order valence-electron chi connectivity index (χ4n) is 3.29. The Labute approximate surface area is 148 Å². The molecule has 0 unspecified atom stereocenters. The fraction of sp³-hybridized carbons (Fsp3) is 0.500. The minimum atomic E-state index is -0.735. The van der Waals surface area contributed by atoms with E-state index >= 15 is 0 Å². The Morgan fingerprint density at radius 1 is 1.28 bits per heavy atom. The third-order valence-electron chi connectivity index (χ3n) is 4.98. The van der Waals surface area contributed by atoms with Gasteiger partial charge in [-0.3, -0.25) is 4.79 Å². The van der Waals surface area contributed by atoms with Crippen LogP contribution in [-0.2, 0) is 17.6 Å². The molecule has 1 amide bonds. The number of carbonyl (C=O) groups is 1. The Balaban J connectivity index is 1.62. The molecule has 1 aromatic heterocycles. The summed E-state index contributed by atoms with van der Waals surface area (Å²) in [6.07, 6.45) is 4.72. The molecule has 3 rings (SSSR count). The van der Waals surface area contributed by atoms with Crippen LogP contribution in [0.2, 0.25) is 0 Å². The maximum Gasteiger partial charge on any atom is 0.226 e.